The number of aryl methyl sites for hydroxylation is 1. The van der Waals surface area contributed by atoms with Crippen LogP contribution < -0.4 is 15.0 Å². The molecule has 3 aromatic rings. The third-order valence-corrected chi connectivity index (χ3v) is 5.85. The van der Waals surface area contributed by atoms with Gasteiger partial charge in [0.2, 0.25) is 5.91 Å². The van der Waals surface area contributed by atoms with E-state index in [1.165, 1.54) is 19.2 Å². The summed E-state index contributed by atoms with van der Waals surface area (Å²) in [5, 5.41) is 3.19. The number of hydrogen-bond acceptors (Lipinski definition) is 3. The summed E-state index contributed by atoms with van der Waals surface area (Å²) in [4.78, 5) is 15.0. The number of ether oxygens (including phenoxy) is 1. The quantitative estimate of drug-likeness (QED) is 0.383. The number of nitrogens with zero attached hydrogens (tertiary/aromatic N) is 1. The van der Waals surface area contributed by atoms with Crippen molar-refractivity contribution in [3.63, 3.8) is 0 Å². The number of amides is 1. The van der Waals surface area contributed by atoms with Crippen LogP contribution in [0, 0.1) is 0 Å². The third-order valence-electron chi connectivity index (χ3n) is 5.53. The Kier molecular flexibility index (Phi) is 8.45. The first kappa shape index (κ1) is 25.4. The average molecular weight is 491 g/mol. The fourth-order valence-corrected chi connectivity index (χ4v) is 3.99. The van der Waals surface area contributed by atoms with Crippen molar-refractivity contribution in [3.8, 4) is 5.75 Å². The Labute approximate surface area is 202 Å². The molecule has 1 amide bonds. The van der Waals surface area contributed by atoms with Gasteiger partial charge in [0.05, 0.1) is 17.7 Å². The number of rotatable bonds is 9. The molecular formula is C26H26ClF3N2O2. The lowest BCUT2D eigenvalue weighted by Gasteiger charge is -2.33. The zero-order chi connectivity index (χ0) is 24.7. The Hall–Kier alpha value is -3.19. The average Bonchev–Trinajstić information content (AvgIpc) is 2.84. The summed E-state index contributed by atoms with van der Waals surface area (Å²) in [6.07, 6.45) is -3.20. The van der Waals surface area contributed by atoms with E-state index >= 15 is 0 Å². The lowest BCUT2D eigenvalue weighted by Crippen LogP contribution is -2.40. The van der Waals surface area contributed by atoms with Crippen molar-refractivity contribution in [3.05, 3.63) is 94.5 Å². The highest BCUT2D eigenvalue weighted by atomic mass is 35.5. The first-order valence-corrected chi connectivity index (χ1v) is 11.1. The van der Waals surface area contributed by atoms with Crippen molar-refractivity contribution >= 4 is 23.2 Å². The first-order chi connectivity index (χ1) is 16.2. The number of halogens is 4. The van der Waals surface area contributed by atoms with Crippen molar-refractivity contribution in [2.45, 2.75) is 25.1 Å². The Morgan fingerprint density at radius 1 is 1.06 bits per heavy atom. The van der Waals surface area contributed by atoms with Gasteiger partial charge in [-0.3, -0.25) is 4.79 Å². The molecule has 0 radical (unpaired) electrons. The molecular weight excluding hydrogens is 465 g/mol. The Morgan fingerprint density at radius 3 is 2.32 bits per heavy atom. The minimum atomic E-state index is -4.36. The Bertz CT molecular complexity index is 1090. The van der Waals surface area contributed by atoms with Crippen LogP contribution in [0.1, 0.15) is 29.2 Å². The van der Waals surface area contributed by atoms with E-state index < -0.39 is 17.8 Å². The van der Waals surface area contributed by atoms with Crippen LogP contribution in [0.15, 0.2) is 72.8 Å². The zero-order valence-corrected chi connectivity index (χ0v) is 19.7. The highest BCUT2D eigenvalue weighted by Gasteiger charge is 2.30. The zero-order valence-electron chi connectivity index (χ0n) is 18.9. The molecule has 0 saturated carbocycles. The second kappa shape index (κ2) is 11.3. The van der Waals surface area contributed by atoms with E-state index in [1.807, 2.05) is 41.3 Å². The normalized spacial score (nSPS) is 12.2. The molecule has 4 nitrogen and oxygen atoms in total. The molecule has 1 atom stereocenters. The van der Waals surface area contributed by atoms with Gasteiger partial charge in [-0.05, 0) is 48.2 Å². The van der Waals surface area contributed by atoms with E-state index in [9.17, 15) is 18.0 Å². The van der Waals surface area contributed by atoms with E-state index in [2.05, 4.69) is 5.32 Å². The molecule has 0 aliphatic carbocycles. The largest absolute Gasteiger partial charge is 0.495 e. The minimum absolute atomic E-state index is 0.186. The van der Waals surface area contributed by atoms with Crippen molar-refractivity contribution in [1.29, 1.82) is 0 Å². The Morgan fingerprint density at radius 2 is 1.74 bits per heavy atom. The van der Waals surface area contributed by atoms with Gasteiger partial charge in [0.1, 0.15) is 11.8 Å². The number of likely N-dealkylation sites (N-methyl/N-ethyl adjacent to an activating group) is 1. The standard InChI is InChI=1S/C26H26ClF3N2O2/c1-31-25(33)24(19-8-4-3-5-9-19)32(21-14-15-22(27)23(17-21)34-2)16-6-7-18-10-12-20(13-11-18)26(28,29)30/h3-5,8-15,17,24H,6-7,16H2,1-2H3,(H,31,33)/t24-/m0/s1. The molecule has 34 heavy (non-hydrogen) atoms. The van der Waals surface area contributed by atoms with Gasteiger partial charge in [-0.1, -0.05) is 54.1 Å². The van der Waals surface area contributed by atoms with Gasteiger partial charge in [0.15, 0.2) is 0 Å². The topological polar surface area (TPSA) is 41.6 Å². The molecule has 0 aliphatic rings. The SMILES string of the molecule is CNC(=O)[C@H](c1ccccc1)N(CCCc1ccc(C(F)(F)F)cc1)c1ccc(Cl)c(OC)c1. The maximum Gasteiger partial charge on any atom is 0.416 e. The molecule has 0 heterocycles. The number of carbonyl (C=O) groups excluding carboxylic acids is 1. The molecule has 0 spiro atoms. The summed E-state index contributed by atoms with van der Waals surface area (Å²) in [5.74, 6) is 0.297. The van der Waals surface area contributed by atoms with Crippen molar-refractivity contribution in [1.82, 2.24) is 5.32 Å². The number of anilines is 1. The molecule has 1 N–H and O–H groups in total. The van der Waals surface area contributed by atoms with E-state index in [0.29, 0.717) is 30.2 Å². The van der Waals surface area contributed by atoms with E-state index in [-0.39, 0.29) is 5.91 Å². The lowest BCUT2D eigenvalue weighted by atomic mass is 10.0. The monoisotopic (exact) mass is 490 g/mol. The summed E-state index contributed by atoms with van der Waals surface area (Å²) in [6, 6.07) is 19.2. The number of benzene rings is 3. The second-order valence-corrected chi connectivity index (χ2v) is 8.15. The van der Waals surface area contributed by atoms with Gasteiger partial charge in [0.25, 0.3) is 0 Å². The summed E-state index contributed by atoms with van der Waals surface area (Å²) in [7, 11) is 3.11. The lowest BCUT2D eigenvalue weighted by molar-refractivity contribution is -0.137. The van der Waals surface area contributed by atoms with Crippen molar-refractivity contribution < 1.29 is 22.7 Å². The van der Waals surface area contributed by atoms with Gasteiger partial charge in [-0.15, -0.1) is 0 Å². The van der Waals surface area contributed by atoms with Crippen LogP contribution in [0.2, 0.25) is 5.02 Å². The number of methoxy groups -OCH3 is 1. The summed E-state index contributed by atoms with van der Waals surface area (Å²) in [6.45, 7) is 0.471. The third kappa shape index (κ3) is 6.23. The van der Waals surface area contributed by atoms with Gasteiger partial charge in [-0.25, -0.2) is 0 Å². The minimum Gasteiger partial charge on any atom is -0.495 e. The van der Waals surface area contributed by atoms with E-state index in [4.69, 9.17) is 16.3 Å². The number of nitrogens with one attached hydrogen (secondary N) is 1. The van der Waals surface area contributed by atoms with Crippen LogP contribution in [-0.2, 0) is 17.4 Å². The van der Waals surface area contributed by atoms with Crippen LogP contribution in [0.4, 0.5) is 18.9 Å². The van der Waals surface area contributed by atoms with E-state index in [0.717, 1.165) is 28.9 Å². The smallest absolute Gasteiger partial charge is 0.416 e. The summed E-state index contributed by atoms with van der Waals surface area (Å²) < 4.78 is 43.9. The Balaban J connectivity index is 1.89. The van der Waals surface area contributed by atoms with Crippen LogP contribution >= 0.6 is 11.6 Å². The van der Waals surface area contributed by atoms with Crippen molar-refractivity contribution in [2.75, 3.05) is 25.6 Å². The van der Waals surface area contributed by atoms with Gasteiger partial charge >= 0.3 is 6.18 Å². The van der Waals surface area contributed by atoms with Gasteiger partial charge < -0.3 is 15.0 Å². The molecule has 0 aliphatic heterocycles. The first-order valence-electron chi connectivity index (χ1n) is 10.8. The van der Waals surface area contributed by atoms with Crippen LogP contribution in [0.3, 0.4) is 0 Å². The number of hydrogen-bond donors (Lipinski definition) is 1. The fourth-order valence-electron chi connectivity index (χ4n) is 3.79. The van der Waals surface area contributed by atoms with Gasteiger partial charge in [0, 0.05) is 25.3 Å². The molecule has 8 heteroatoms. The summed E-state index contributed by atoms with van der Waals surface area (Å²) in [5.41, 5.74) is 1.67. The van der Waals surface area contributed by atoms with Crippen molar-refractivity contribution in [2.24, 2.45) is 0 Å². The maximum absolute atomic E-state index is 13.0. The highest BCUT2D eigenvalue weighted by molar-refractivity contribution is 6.32. The van der Waals surface area contributed by atoms with Crippen LogP contribution in [0.5, 0.6) is 5.75 Å². The molecule has 3 rings (SSSR count). The number of alkyl halides is 3. The predicted octanol–water partition coefficient (Wildman–Crippen LogP) is 6.29. The molecule has 0 unspecified atom stereocenters. The predicted molar refractivity (Wildman–Crippen MR) is 128 cm³/mol. The molecule has 0 aromatic heterocycles. The molecule has 180 valence electrons. The van der Waals surface area contributed by atoms with Gasteiger partial charge in [-0.2, -0.15) is 13.2 Å². The van der Waals surface area contributed by atoms with Crippen LogP contribution in [0.25, 0.3) is 0 Å². The highest BCUT2D eigenvalue weighted by Crippen LogP contribution is 2.34. The van der Waals surface area contributed by atoms with Crippen LogP contribution in [-0.4, -0.2) is 26.6 Å². The molecule has 3 aromatic carbocycles. The summed E-state index contributed by atoms with van der Waals surface area (Å²) >= 11 is 6.21. The molecule has 0 fully saturated rings. The molecule has 0 saturated heterocycles. The number of carbonyl (C=O) groups is 1. The molecule has 0 bridgehead atoms. The van der Waals surface area contributed by atoms with E-state index in [1.54, 1.807) is 19.2 Å². The fraction of sp³-hybridized carbons (Fsp3) is 0.269. The maximum atomic E-state index is 13.0. The second-order valence-electron chi connectivity index (χ2n) is 7.74.